The van der Waals surface area contributed by atoms with Crippen LogP contribution in [0.15, 0.2) is 29.8 Å². The number of anilines is 1. The van der Waals surface area contributed by atoms with Gasteiger partial charge in [0.2, 0.25) is 0 Å². The molecule has 0 bridgehead atoms. The van der Waals surface area contributed by atoms with E-state index in [1.807, 2.05) is 23.6 Å². The van der Waals surface area contributed by atoms with Crippen molar-refractivity contribution in [2.75, 3.05) is 12.4 Å². The van der Waals surface area contributed by atoms with Gasteiger partial charge in [0.25, 0.3) is 5.91 Å². The Hall–Kier alpha value is -2.34. The first-order valence-electron chi connectivity index (χ1n) is 7.00. The Morgan fingerprint density at radius 1 is 1.41 bits per heavy atom. The molecule has 0 atom stereocenters. The highest BCUT2D eigenvalue weighted by Gasteiger charge is 2.17. The molecule has 0 radical (unpaired) electrons. The van der Waals surface area contributed by atoms with Crippen LogP contribution < -0.4 is 10.1 Å². The van der Waals surface area contributed by atoms with E-state index in [4.69, 9.17) is 4.74 Å². The van der Waals surface area contributed by atoms with Crippen molar-refractivity contribution >= 4 is 33.1 Å². The number of rotatable bonds is 4. The number of methoxy groups -OCH3 is 1. The normalized spacial score (nSPS) is 11.1. The minimum Gasteiger partial charge on any atom is -0.495 e. The number of H-pyrrole nitrogens is 1. The molecule has 1 aromatic carbocycles. The minimum absolute atomic E-state index is 0.148. The van der Waals surface area contributed by atoms with Gasteiger partial charge in [-0.1, -0.05) is 26.0 Å². The van der Waals surface area contributed by atoms with Crippen LogP contribution in [0.3, 0.4) is 0 Å². The second-order valence-corrected chi connectivity index (χ2v) is 6.18. The third-order valence-corrected chi connectivity index (χ3v) is 4.57. The number of aromatic amines is 1. The molecule has 5 nitrogen and oxygen atoms in total. The summed E-state index contributed by atoms with van der Waals surface area (Å²) in [4.78, 5) is 12.6. The number of nitrogens with one attached hydrogen (secondary N) is 2. The Morgan fingerprint density at radius 3 is 2.95 bits per heavy atom. The molecule has 0 spiro atoms. The third kappa shape index (κ3) is 2.46. The quantitative estimate of drug-likeness (QED) is 0.764. The zero-order chi connectivity index (χ0) is 15.7. The van der Waals surface area contributed by atoms with Crippen molar-refractivity contribution in [3.05, 3.63) is 40.9 Å². The van der Waals surface area contributed by atoms with Crippen LogP contribution in [0.25, 0.3) is 10.1 Å². The molecular weight excluding hydrogens is 298 g/mol. The molecule has 1 amide bonds. The molecule has 6 heteroatoms. The molecule has 3 aromatic rings. The van der Waals surface area contributed by atoms with Crippen LogP contribution in [0.5, 0.6) is 5.75 Å². The number of amides is 1. The minimum atomic E-state index is -0.148. The molecule has 0 unspecified atom stereocenters. The molecule has 0 fully saturated rings. The van der Waals surface area contributed by atoms with Crippen LogP contribution in [-0.4, -0.2) is 23.2 Å². The number of fused-ring (bicyclic) bond motifs is 1. The highest BCUT2D eigenvalue weighted by atomic mass is 32.1. The molecule has 2 heterocycles. The maximum absolute atomic E-state index is 12.6. The van der Waals surface area contributed by atoms with Gasteiger partial charge in [-0.05, 0) is 12.0 Å². The number of nitrogens with zero attached hydrogens (tertiary/aromatic N) is 1. The topological polar surface area (TPSA) is 67.0 Å². The lowest BCUT2D eigenvalue weighted by molar-refractivity contribution is 0.102. The standard InChI is InChI=1S/C16H17N3O2S/c1-9(2)11-7-17-19-15(11)18-16(20)12-8-22-14-10(12)5-4-6-13(14)21-3/h4-9H,1-3H3,(H2,17,18,19,20). The van der Waals surface area contributed by atoms with Gasteiger partial charge in [-0.15, -0.1) is 11.3 Å². The molecule has 0 aliphatic rings. The molecule has 2 N–H and O–H groups in total. The van der Waals surface area contributed by atoms with E-state index in [9.17, 15) is 4.79 Å². The second kappa shape index (κ2) is 5.81. The van der Waals surface area contributed by atoms with Crippen LogP contribution in [0.4, 0.5) is 5.82 Å². The van der Waals surface area contributed by atoms with E-state index in [1.54, 1.807) is 13.3 Å². The van der Waals surface area contributed by atoms with Crippen molar-refractivity contribution in [3.8, 4) is 5.75 Å². The fraction of sp³-hybridized carbons (Fsp3) is 0.250. The number of carbonyl (C=O) groups excluding carboxylic acids is 1. The van der Waals surface area contributed by atoms with Gasteiger partial charge in [0.05, 0.1) is 23.6 Å². The molecule has 0 aliphatic carbocycles. The lowest BCUT2D eigenvalue weighted by Gasteiger charge is -2.07. The second-order valence-electron chi connectivity index (χ2n) is 5.30. The van der Waals surface area contributed by atoms with Gasteiger partial charge < -0.3 is 10.1 Å². The predicted molar refractivity (Wildman–Crippen MR) is 89.0 cm³/mol. The first-order valence-corrected chi connectivity index (χ1v) is 7.88. The van der Waals surface area contributed by atoms with Crippen molar-refractivity contribution in [1.82, 2.24) is 10.2 Å². The van der Waals surface area contributed by atoms with Crippen LogP contribution in [0.2, 0.25) is 0 Å². The van der Waals surface area contributed by atoms with Crippen molar-refractivity contribution in [1.29, 1.82) is 0 Å². The van der Waals surface area contributed by atoms with Gasteiger partial charge in [-0.3, -0.25) is 9.89 Å². The molecule has 3 rings (SSSR count). The first-order chi connectivity index (χ1) is 10.6. The third-order valence-electron chi connectivity index (χ3n) is 3.56. The fourth-order valence-electron chi connectivity index (χ4n) is 2.38. The van der Waals surface area contributed by atoms with Crippen LogP contribution in [0, 0.1) is 0 Å². The molecule has 2 aromatic heterocycles. The highest BCUT2D eigenvalue weighted by molar-refractivity contribution is 7.18. The summed E-state index contributed by atoms with van der Waals surface area (Å²) in [5.41, 5.74) is 1.63. The summed E-state index contributed by atoms with van der Waals surface area (Å²) < 4.78 is 6.32. The summed E-state index contributed by atoms with van der Waals surface area (Å²) in [5.74, 6) is 1.58. The maximum atomic E-state index is 12.6. The SMILES string of the molecule is COc1cccc2c(C(=O)Nc3[nH]ncc3C(C)C)csc12. The molecule has 0 saturated carbocycles. The number of ether oxygens (including phenoxy) is 1. The van der Waals surface area contributed by atoms with Crippen LogP contribution >= 0.6 is 11.3 Å². The molecular formula is C16H17N3O2S. The van der Waals surface area contributed by atoms with Gasteiger partial charge >= 0.3 is 0 Å². The Morgan fingerprint density at radius 2 is 2.23 bits per heavy atom. The first kappa shape index (κ1) is 14.6. The van der Waals surface area contributed by atoms with Crippen molar-refractivity contribution < 1.29 is 9.53 Å². The summed E-state index contributed by atoms with van der Waals surface area (Å²) in [6.45, 7) is 4.12. The predicted octanol–water partition coefficient (Wildman–Crippen LogP) is 4.01. The number of carbonyl (C=O) groups is 1. The lowest BCUT2D eigenvalue weighted by Crippen LogP contribution is -2.13. The summed E-state index contributed by atoms with van der Waals surface area (Å²) >= 11 is 1.50. The van der Waals surface area contributed by atoms with Gasteiger partial charge in [-0.2, -0.15) is 5.10 Å². The van der Waals surface area contributed by atoms with Gasteiger partial charge in [0.15, 0.2) is 0 Å². The number of thiophene rings is 1. The van der Waals surface area contributed by atoms with Crippen LogP contribution in [-0.2, 0) is 0 Å². The fourth-order valence-corrected chi connectivity index (χ4v) is 3.42. The molecule has 22 heavy (non-hydrogen) atoms. The van der Waals surface area contributed by atoms with Gasteiger partial charge in [0.1, 0.15) is 11.6 Å². The van der Waals surface area contributed by atoms with E-state index >= 15 is 0 Å². The van der Waals surface area contributed by atoms with E-state index < -0.39 is 0 Å². The summed E-state index contributed by atoms with van der Waals surface area (Å²) in [7, 11) is 1.63. The molecule has 114 valence electrons. The number of benzene rings is 1. The maximum Gasteiger partial charge on any atom is 0.258 e. The largest absolute Gasteiger partial charge is 0.495 e. The van der Waals surface area contributed by atoms with Crippen LogP contribution in [0.1, 0.15) is 35.7 Å². The molecule has 0 saturated heterocycles. The van der Waals surface area contributed by atoms with E-state index in [-0.39, 0.29) is 11.8 Å². The zero-order valence-electron chi connectivity index (χ0n) is 12.6. The van der Waals surface area contributed by atoms with Crippen molar-refractivity contribution in [3.63, 3.8) is 0 Å². The number of aromatic nitrogens is 2. The summed E-state index contributed by atoms with van der Waals surface area (Å²) in [6.07, 6.45) is 1.75. The Kier molecular flexibility index (Phi) is 3.85. The summed E-state index contributed by atoms with van der Waals surface area (Å²) in [6, 6.07) is 5.71. The number of hydrogen-bond acceptors (Lipinski definition) is 4. The zero-order valence-corrected chi connectivity index (χ0v) is 13.5. The average molecular weight is 315 g/mol. The summed E-state index contributed by atoms with van der Waals surface area (Å²) in [5, 5.41) is 12.5. The van der Waals surface area contributed by atoms with E-state index in [0.29, 0.717) is 11.4 Å². The van der Waals surface area contributed by atoms with E-state index in [0.717, 1.165) is 21.4 Å². The average Bonchev–Trinajstić information content (AvgIpc) is 3.12. The Bertz CT molecular complexity index is 820. The highest BCUT2D eigenvalue weighted by Crippen LogP contribution is 2.34. The number of hydrogen-bond donors (Lipinski definition) is 2. The molecule has 0 aliphatic heterocycles. The van der Waals surface area contributed by atoms with Crippen molar-refractivity contribution in [2.24, 2.45) is 0 Å². The van der Waals surface area contributed by atoms with Crippen molar-refractivity contribution in [2.45, 2.75) is 19.8 Å². The van der Waals surface area contributed by atoms with Gasteiger partial charge in [-0.25, -0.2) is 0 Å². The van der Waals surface area contributed by atoms with E-state index in [2.05, 4.69) is 29.4 Å². The Labute approximate surface area is 132 Å². The van der Waals surface area contributed by atoms with E-state index in [1.165, 1.54) is 11.3 Å². The smallest absolute Gasteiger partial charge is 0.258 e. The van der Waals surface area contributed by atoms with Gasteiger partial charge in [0, 0.05) is 16.3 Å². The lowest BCUT2D eigenvalue weighted by atomic mass is 10.1. The Balaban J connectivity index is 1.94. The monoisotopic (exact) mass is 315 g/mol.